The van der Waals surface area contributed by atoms with Gasteiger partial charge in [-0.1, -0.05) is 18.2 Å². The predicted molar refractivity (Wildman–Crippen MR) is 136 cm³/mol. The molecule has 39 heavy (non-hydrogen) atoms. The summed E-state index contributed by atoms with van der Waals surface area (Å²) in [5.74, 6) is -3.81. The third-order valence-corrected chi connectivity index (χ3v) is 6.44. The van der Waals surface area contributed by atoms with Crippen LogP contribution in [0.25, 0.3) is 10.9 Å². The number of carbonyl (C=O) groups excluding carboxylic acids is 4. The maximum atomic E-state index is 13.5. The molecule has 14 heteroatoms. The minimum atomic E-state index is -1.58. The number of fused-ring (bicyclic) bond motifs is 1. The molecule has 1 saturated heterocycles. The zero-order chi connectivity index (χ0) is 27.9. The Bertz CT molecular complexity index is 1350. The lowest BCUT2D eigenvalue weighted by atomic mass is 10.0. The molecular weight excluding hydrogens is 510 g/mol. The van der Waals surface area contributed by atoms with Crippen molar-refractivity contribution in [2.24, 2.45) is 0 Å². The Morgan fingerprint density at radius 1 is 1.00 bits per heavy atom. The van der Waals surface area contributed by atoms with Crippen molar-refractivity contribution in [1.29, 1.82) is 0 Å². The van der Waals surface area contributed by atoms with Gasteiger partial charge < -0.3 is 41.4 Å². The van der Waals surface area contributed by atoms with Gasteiger partial charge >= 0.3 is 5.97 Å². The Morgan fingerprint density at radius 2 is 1.72 bits per heavy atom. The van der Waals surface area contributed by atoms with E-state index in [-0.39, 0.29) is 31.6 Å². The SMILES string of the molecule is O=C1CC[C@@H](C(=O)N[C@@H](Cc2c[nH]cn2)C(=O)N[C@@H](Cc2c[nH]c3ccccc23)C(=O)N[C@@H](CO)C(=O)O)N1. The molecule has 2 aromatic heterocycles. The van der Waals surface area contributed by atoms with Gasteiger partial charge in [0.25, 0.3) is 0 Å². The van der Waals surface area contributed by atoms with Crippen LogP contribution in [0, 0.1) is 0 Å². The summed E-state index contributed by atoms with van der Waals surface area (Å²) in [6.07, 6.45) is 5.10. The van der Waals surface area contributed by atoms with E-state index in [1.165, 1.54) is 6.33 Å². The van der Waals surface area contributed by atoms with Crippen molar-refractivity contribution in [2.75, 3.05) is 6.61 Å². The smallest absolute Gasteiger partial charge is 0.328 e. The molecule has 0 radical (unpaired) electrons. The van der Waals surface area contributed by atoms with Crippen LogP contribution in [0.2, 0.25) is 0 Å². The average molecular weight is 540 g/mol. The van der Waals surface area contributed by atoms with Gasteiger partial charge in [-0.15, -0.1) is 0 Å². The third-order valence-electron chi connectivity index (χ3n) is 6.44. The third kappa shape index (κ3) is 6.78. The number of aliphatic carboxylic acids is 1. The number of benzene rings is 1. The van der Waals surface area contributed by atoms with Crippen LogP contribution in [-0.2, 0) is 36.8 Å². The molecule has 0 unspecified atom stereocenters. The minimum absolute atomic E-state index is 0.0128. The first-order valence-electron chi connectivity index (χ1n) is 12.3. The van der Waals surface area contributed by atoms with Gasteiger partial charge in [-0.25, -0.2) is 9.78 Å². The molecule has 14 nitrogen and oxygen atoms in total. The molecule has 4 amide bonds. The van der Waals surface area contributed by atoms with E-state index >= 15 is 0 Å². The van der Waals surface area contributed by atoms with E-state index in [1.807, 2.05) is 24.3 Å². The number of imidazole rings is 1. The summed E-state index contributed by atoms with van der Waals surface area (Å²) in [4.78, 5) is 72.4. The van der Waals surface area contributed by atoms with Gasteiger partial charge in [0.15, 0.2) is 0 Å². The number of hydrogen-bond donors (Lipinski definition) is 8. The summed E-state index contributed by atoms with van der Waals surface area (Å²) in [6.45, 7) is -0.847. The number of nitrogens with one attached hydrogen (secondary N) is 6. The van der Waals surface area contributed by atoms with Crippen molar-refractivity contribution in [3.05, 3.63) is 54.2 Å². The Hall–Kier alpha value is -4.72. The molecule has 0 bridgehead atoms. The molecule has 3 heterocycles. The van der Waals surface area contributed by atoms with Crippen molar-refractivity contribution in [3.63, 3.8) is 0 Å². The summed E-state index contributed by atoms with van der Waals surface area (Å²) in [7, 11) is 0. The number of aliphatic hydroxyl groups excluding tert-OH is 1. The van der Waals surface area contributed by atoms with E-state index in [4.69, 9.17) is 0 Å². The molecule has 0 saturated carbocycles. The number of nitrogens with zero attached hydrogens (tertiary/aromatic N) is 1. The zero-order valence-electron chi connectivity index (χ0n) is 20.8. The fourth-order valence-corrected chi connectivity index (χ4v) is 4.36. The van der Waals surface area contributed by atoms with Gasteiger partial charge in [-0.3, -0.25) is 19.2 Å². The largest absolute Gasteiger partial charge is 0.480 e. The highest BCUT2D eigenvalue weighted by Crippen LogP contribution is 2.19. The molecule has 4 rings (SSSR count). The van der Waals surface area contributed by atoms with E-state index in [0.29, 0.717) is 11.3 Å². The van der Waals surface area contributed by atoms with Crippen LogP contribution in [0.4, 0.5) is 0 Å². The molecule has 1 aliphatic rings. The number of hydrogen-bond acceptors (Lipinski definition) is 7. The fourth-order valence-electron chi connectivity index (χ4n) is 4.36. The molecule has 0 spiro atoms. The summed E-state index contributed by atoms with van der Waals surface area (Å²) < 4.78 is 0. The van der Waals surface area contributed by atoms with Crippen molar-refractivity contribution >= 4 is 40.5 Å². The summed E-state index contributed by atoms with van der Waals surface area (Å²) in [6, 6.07) is 2.54. The predicted octanol–water partition coefficient (Wildman–Crippen LogP) is -1.51. The molecule has 4 atom stereocenters. The maximum Gasteiger partial charge on any atom is 0.328 e. The van der Waals surface area contributed by atoms with Crippen LogP contribution in [0.15, 0.2) is 43.0 Å². The fraction of sp³-hybridized carbons (Fsp3) is 0.360. The summed E-state index contributed by atoms with van der Waals surface area (Å²) in [5, 5.41) is 29.5. The van der Waals surface area contributed by atoms with E-state index in [9.17, 15) is 34.2 Å². The Balaban J connectivity index is 1.56. The number of aromatic amines is 2. The molecular formula is C25H29N7O7. The Morgan fingerprint density at radius 3 is 2.36 bits per heavy atom. The van der Waals surface area contributed by atoms with Crippen LogP contribution in [0.1, 0.15) is 24.1 Å². The molecule has 1 fully saturated rings. The second-order valence-electron chi connectivity index (χ2n) is 9.19. The number of H-pyrrole nitrogens is 2. The lowest BCUT2D eigenvalue weighted by Crippen LogP contribution is -2.58. The number of aliphatic hydroxyl groups is 1. The van der Waals surface area contributed by atoms with Gasteiger partial charge in [-0.2, -0.15) is 0 Å². The average Bonchev–Trinajstić information content (AvgIpc) is 3.68. The van der Waals surface area contributed by atoms with Crippen molar-refractivity contribution in [2.45, 2.75) is 49.9 Å². The first-order chi connectivity index (χ1) is 18.7. The second-order valence-corrected chi connectivity index (χ2v) is 9.19. The number of para-hydroxylation sites is 1. The molecule has 3 aromatic rings. The van der Waals surface area contributed by atoms with Gasteiger partial charge in [0.05, 0.1) is 18.6 Å². The molecule has 1 aliphatic heterocycles. The van der Waals surface area contributed by atoms with Crippen molar-refractivity contribution < 1.29 is 34.2 Å². The van der Waals surface area contributed by atoms with Crippen molar-refractivity contribution in [3.8, 4) is 0 Å². The van der Waals surface area contributed by atoms with Crippen molar-refractivity contribution in [1.82, 2.24) is 36.2 Å². The number of carbonyl (C=O) groups is 5. The highest BCUT2D eigenvalue weighted by Gasteiger charge is 2.33. The van der Waals surface area contributed by atoms with E-state index < -0.39 is 54.5 Å². The second kappa shape index (κ2) is 12.2. The zero-order valence-corrected chi connectivity index (χ0v) is 20.8. The molecule has 206 valence electrons. The van der Waals surface area contributed by atoms with Crippen LogP contribution in [-0.4, -0.2) is 85.5 Å². The normalized spacial score (nSPS) is 17.2. The molecule has 1 aromatic carbocycles. The summed E-state index contributed by atoms with van der Waals surface area (Å²) >= 11 is 0. The van der Waals surface area contributed by atoms with Crippen LogP contribution in [0.3, 0.4) is 0 Å². The lowest BCUT2D eigenvalue weighted by Gasteiger charge is -2.24. The standard InChI is InChI=1S/C25H29N7O7/c33-11-20(25(38)39)32-23(36)18(7-13-9-27-16-4-2-1-3-15(13)16)30-24(37)19(8-14-10-26-12-28-14)31-22(35)17-5-6-21(34)29-17/h1-4,9-10,12,17-20,27,33H,5-8,11H2,(H,26,28)(H,29,34)(H,30,37)(H,31,35)(H,32,36)(H,38,39)/t17-,18-,19-,20-/m0/s1. The van der Waals surface area contributed by atoms with Crippen LogP contribution >= 0.6 is 0 Å². The van der Waals surface area contributed by atoms with E-state index in [1.54, 1.807) is 12.4 Å². The first kappa shape index (κ1) is 27.3. The Labute approximate surface area is 222 Å². The minimum Gasteiger partial charge on any atom is -0.480 e. The van der Waals surface area contributed by atoms with Gasteiger partial charge in [0, 0.05) is 42.6 Å². The highest BCUT2D eigenvalue weighted by atomic mass is 16.4. The van der Waals surface area contributed by atoms with E-state index in [0.717, 1.165) is 10.9 Å². The van der Waals surface area contributed by atoms with Crippen LogP contribution in [0.5, 0.6) is 0 Å². The van der Waals surface area contributed by atoms with Gasteiger partial charge in [0.2, 0.25) is 23.6 Å². The number of amides is 4. The monoisotopic (exact) mass is 539 g/mol. The summed E-state index contributed by atoms with van der Waals surface area (Å²) in [5.41, 5.74) is 1.96. The number of carboxylic acid groups (broad SMARTS) is 1. The first-order valence-corrected chi connectivity index (χ1v) is 12.3. The number of aromatic nitrogens is 3. The highest BCUT2D eigenvalue weighted by molar-refractivity contribution is 5.96. The van der Waals surface area contributed by atoms with Crippen LogP contribution < -0.4 is 21.3 Å². The topological polar surface area (TPSA) is 218 Å². The quantitative estimate of drug-likeness (QED) is 0.135. The maximum absolute atomic E-state index is 13.5. The number of carboxylic acids is 1. The lowest BCUT2D eigenvalue weighted by molar-refractivity contribution is -0.143. The Kier molecular flexibility index (Phi) is 8.56. The molecule has 0 aliphatic carbocycles. The van der Waals surface area contributed by atoms with Gasteiger partial charge in [0.1, 0.15) is 24.2 Å². The van der Waals surface area contributed by atoms with E-state index in [2.05, 4.69) is 36.2 Å². The molecule has 8 N–H and O–H groups in total. The van der Waals surface area contributed by atoms with Gasteiger partial charge in [-0.05, 0) is 18.1 Å². The number of rotatable bonds is 12.